The lowest BCUT2D eigenvalue weighted by atomic mass is 9.88. The molecule has 120 valence electrons. The van der Waals surface area contributed by atoms with Crippen LogP contribution in [0.1, 0.15) is 35.6 Å². The zero-order valence-electron chi connectivity index (χ0n) is 13.3. The van der Waals surface area contributed by atoms with Crippen molar-refractivity contribution >= 4 is 17.3 Å². The summed E-state index contributed by atoms with van der Waals surface area (Å²) in [6.07, 6.45) is 3.50. The van der Waals surface area contributed by atoms with Crippen LogP contribution in [0.25, 0.3) is 0 Å². The van der Waals surface area contributed by atoms with E-state index in [-0.39, 0.29) is 0 Å². The second-order valence-corrected chi connectivity index (χ2v) is 6.23. The van der Waals surface area contributed by atoms with Crippen molar-refractivity contribution in [2.45, 2.75) is 31.8 Å². The van der Waals surface area contributed by atoms with Crippen LogP contribution in [0.5, 0.6) is 5.75 Å². The van der Waals surface area contributed by atoms with Gasteiger partial charge in [0.2, 0.25) is 0 Å². The summed E-state index contributed by atoms with van der Waals surface area (Å²) in [4.78, 5) is 0. The normalized spacial score (nSPS) is 16.3. The maximum atomic E-state index is 5.46. The molecule has 0 aromatic heterocycles. The van der Waals surface area contributed by atoms with Crippen molar-refractivity contribution in [2.75, 3.05) is 7.11 Å². The lowest BCUT2D eigenvalue weighted by Gasteiger charge is -2.27. The molecule has 0 saturated carbocycles. The first-order valence-corrected chi connectivity index (χ1v) is 8.42. The summed E-state index contributed by atoms with van der Waals surface area (Å²) >= 11 is 5.46. The molecule has 2 N–H and O–H groups in total. The molecule has 2 aromatic rings. The van der Waals surface area contributed by atoms with E-state index in [9.17, 15) is 0 Å². The van der Waals surface area contributed by atoms with Gasteiger partial charge in [-0.15, -0.1) is 0 Å². The van der Waals surface area contributed by atoms with Gasteiger partial charge in [-0.1, -0.05) is 36.4 Å². The Morgan fingerprint density at radius 1 is 1.17 bits per heavy atom. The average Bonchev–Trinajstić information content (AvgIpc) is 2.61. The SMILES string of the molecule is COc1ccc(CNC(=S)NC2CCCc3ccccc32)cc1. The molecule has 0 bridgehead atoms. The summed E-state index contributed by atoms with van der Waals surface area (Å²) in [5.41, 5.74) is 4.00. The summed E-state index contributed by atoms with van der Waals surface area (Å²) in [6, 6.07) is 17.0. The molecular formula is C19H22N2OS. The first-order valence-electron chi connectivity index (χ1n) is 8.01. The molecule has 23 heavy (non-hydrogen) atoms. The molecule has 1 aliphatic rings. The smallest absolute Gasteiger partial charge is 0.167 e. The largest absolute Gasteiger partial charge is 0.497 e. The van der Waals surface area contributed by atoms with E-state index in [2.05, 4.69) is 34.9 Å². The van der Waals surface area contributed by atoms with Gasteiger partial charge >= 0.3 is 0 Å². The summed E-state index contributed by atoms with van der Waals surface area (Å²) in [6.45, 7) is 0.712. The Balaban J connectivity index is 1.55. The van der Waals surface area contributed by atoms with Crippen molar-refractivity contribution in [3.63, 3.8) is 0 Å². The lowest BCUT2D eigenvalue weighted by Crippen LogP contribution is -2.38. The van der Waals surface area contributed by atoms with Gasteiger partial charge < -0.3 is 15.4 Å². The molecule has 1 unspecified atom stereocenters. The van der Waals surface area contributed by atoms with Crippen LogP contribution in [0.4, 0.5) is 0 Å². The van der Waals surface area contributed by atoms with Crippen molar-refractivity contribution in [3.05, 3.63) is 65.2 Å². The van der Waals surface area contributed by atoms with Crippen LogP contribution in [0.15, 0.2) is 48.5 Å². The predicted molar refractivity (Wildman–Crippen MR) is 97.7 cm³/mol. The molecule has 4 heteroatoms. The fraction of sp³-hybridized carbons (Fsp3) is 0.316. The molecule has 2 aromatic carbocycles. The maximum absolute atomic E-state index is 5.46. The molecule has 3 rings (SSSR count). The molecule has 0 radical (unpaired) electrons. The molecule has 0 amide bonds. The van der Waals surface area contributed by atoms with Crippen LogP contribution in [0.2, 0.25) is 0 Å². The van der Waals surface area contributed by atoms with Gasteiger partial charge in [0.15, 0.2) is 5.11 Å². The van der Waals surface area contributed by atoms with E-state index in [0.29, 0.717) is 17.7 Å². The molecule has 3 nitrogen and oxygen atoms in total. The predicted octanol–water partition coefficient (Wildman–Crippen LogP) is 3.74. The number of methoxy groups -OCH3 is 1. The second-order valence-electron chi connectivity index (χ2n) is 5.82. The topological polar surface area (TPSA) is 33.3 Å². The quantitative estimate of drug-likeness (QED) is 0.839. The van der Waals surface area contributed by atoms with Crippen LogP contribution < -0.4 is 15.4 Å². The Kier molecular flexibility index (Phi) is 5.13. The number of fused-ring (bicyclic) bond motifs is 1. The molecule has 1 atom stereocenters. The average molecular weight is 326 g/mol. The maximum Gasteiger partial charge on any atom is 0.167 e. The fourth-order valence-corrected chi connectivity index (χ4v) is 3.25. The van der Waals surface area contributed by atoms with Gasteiger partial charge in [-0.25, -0.2) is 0 Å². The molecule has 0 heterocycles. The summed E-state index contributed by atoms with van der Waals surface area (Å²) in [5, 5.41) is 7.47. The van der Waals surface area contributed by atoms with Gasteiger partial charge in [0, 0.05) is 6.54 Å². The second kappa shape index (κ2) is 7.47. The number of nitrogens with one attached hydrogen (secondary N) is 2. The van der Waals surface area contributed by atoms with E-state index in [1.54, 1.807) is 7.11 Å². The minimum absolute atomic E-state index is 0.316. The van der Waals surface area contributed by atoms with Gasteiger partial charge in [-0.3, -0.25) is 0 Å². The first-order chi connectivity index (χ1) is 11.3. The Labute approximate surface area is 143 Å². The summed E-state index contributed by atoms with van der Waals surface area (Å²) < 4.78 is 5.17. The van der Waals surface area contributed by atoms with Gasteiger partial charge in [0.05, 0.1) is 13.2 Å². The van der Waals surface area contributed by atoms with Gasteiger partial charge in [-0.05, 0) is 60.3 Å². The summed E-state index contributed by atoms with van der Waals surface area (Å²) in [5.74, 6) is 0.869. The monoisotopic (exact) mass is 326 g/mol. The Morgan fingerprint density at radius 2 is 1.96 bits per heavy atom. The number of benzene rings is 2. The fourth-order valence-electron chi connectivity index (χ4n) is 3.04. The van der Waals surface area contributed by atoms with E-state index < -0.39 is 0 Å². The van der Waals surface area contributed by atoms with Crippen LogP contribution in [0.3, 0.4) is 0 Å². The van der Waals surface area contributed by atoms with Gasteiger partial charge in [-0.2, -0.15) is 0 Å². The molecular weight excluding hydrogens is 304 g/mol. The first kappa shape index (κ1) is 15.8. The highest BCUT2D eigenvalue weighted by Crippen LogP contribution is 2.29. The highest BCUT2D eigenvalue weighted by Gasteiger charge is 2.19. The number of hydrogen-bond donors (Lipinski definition) is 2. The minimum Gasteiger partial charge on any atom is -0.497 e. The van der Waals surface area contributed by atoms with E-state index >= 15 is 0 Å². The van der Waals surface area contributed by atoms with Crippen molar-refractivity contribution in [1.29, 1.82) is 0 Å². The number of ether oxygens (including phenoxy) is 1. The minimum atomic E-state index is 0.316. The third kappa shape index (κ3) is 4.02. The van der Waals surface area contributed by atoms with Crippen LogP contribution in [-0.2, 0) is 13.0 Å². The van der Waals surface area contributed by atoms with E-state index in [0.717, 1.165) is 12.2 Å². The number of rotatable bonds is 4. The molecule has 0 fully saturated rings. The standard InChI is InChI=1S/C19H22N2OS/c1-22-16-11-9-14(10-12-16)13-20-19(23)21-18-8-4-6-15-5-2-3-7-17(15)18/h2-3,5,7,9-12,18H,4,6,8,13H2,1H3,(H2,20,21,23). The Morgan fingerprint density at radius 3 is 2.74 bits per heavy atom. The molecule has 1 aliphatic carbocycles. The van der Waals surface area contributed by atoms with Crippen molar-refractivity contribution in [3.8, 4) is 5.75 Å². The van der Waals surface area contributed by atoms with Crippen molar-refractivity contribution in [1.82, 2.24) is 10.6 Å². The van der Waals surface area contributed by atoms with E-state index in [4.69, 9.17) is 17.0 Å². The molecule has 0 spiro atoms. The van der Waals surface area contributed by atoms with Crippen LogP contribution in [0, 0.1) is 0 Å². The molecule has 0 saturated heterocycles. The third-order valence-corrected chi connectivity index (χ3v) is 4.55. The highest BCUT2D eigenvalue weighted by atomic mass is 32.1. The van der Waals surface area contributed by atoms with Crippen molar-refractivity contribution < 1.29 is 4.74 Å². The van der Waals surface area contributed by atoms with Crippen LogP contribution in [-0.4, -0.2) is 12.2 Å². The van der Waals surface area contributed by atoms with E-state index in [1.807, 2.05) is 24.3 Å². The van der Waals surface area contributed by atoms with E-state index in [1.165, 1.54) is 29.5 Å². The summed E-state index contributed by atoms with van der Waals surface area (Å²) in [7, 11) is 1.67. The molecule has 0 aliphatic heterocycles. The number of thiocarbonyl (C=S) groups is 1. The number of aryl methyl sites for hydroxylation is 1. The number of hydrogen-bond acceptors (Lipinski definition) is 2. The zero-order valence-corrected chi connectivity index (χ0v) is 14.2. The van der Waals surface area contributed by atoms with Gasteiger partial charge in [0.25, 0.3) is 0 Å². The lowest BCUT2D eigenvalue weighted by molar-refractivity contribution is 0.414. The third-order valence-electron chi connectivity index (χ3n) is 4.29. The Bertz CT molecular complexity index is 669. The van der Waals surface area contributed by atoms with Crippen LogP contribution >= 0.6 is 12.2 Å². The highest BCUT2D eigenvalue weighted by molar-refractivity contribution is 7.80. The Hall–Kier alpha value is -2.07. The zero-order chi connectivity index (χ0) is 16.1. The van der Waals surface area contributed by atoms with Gasteiger partial charge in [0.1, 0.15) is 5.75 Å². The van der Waals surface area contributed by atoms with Crippen molar-refractivity contribution in [2.24, 2.45) is 0 Å².